The van der Waals surface area contributed by atoms with Gasteiger partial charge in [-0.2, -0.15) is 6.07 Å². The fraction of sp³-hybridized carbons (Fsp3) is 0.375. The maximum absolute atomic E-state index is 6.91. The minimum atomic E-state index is -0.299. The Labute approximate surface area is 335 Å². The maximum atomic E-state index is 6.91. The molecule has 0 amide bonds. The van der Waals surface area contributed by atoms with Crippen molar-refractivity contribution in [2.75, 3.05) is 6.61 Å². The largest absolute Gasteiger partial charge is 2.00 e. The third-order valence-corrected chi connectivity index (χ3v) is 11.8. The molecule has 0 saturated heterocycles. The summed E-state index contributed by atoms with van der Waals surface area (Å²) in [6.45, 7) is 29.4. The van der Waals surface area contributed by atoms with Crippen LogP contribution >= 0.6 is 0 Å². The van der Waals surface area contributed by atoms with Crippen LogP contribution in [0.25, 0.3) is 38.8 Å². The maximum Gasteiger partial charge on any atom is 2.00 e. The summed E-state index contributed by atoms with van der Waals surface area (Å²) in [6, 6.07) is 25.4. The van der Waals surface area contributed by atoms with Gasteiger partial charge in [-0.25, -0.2) is 4.98 Å². The zero-order valence-corrected chi connectivity index (χ0v) is 36.2. The predicted molar refractivity (Wildman–Crippen MR) is 218 cm³/mol. The zero-order chi connectivity index (χ0) is 37.9. The summed E-state index contributed by atoms with van der Waals surface area (Å²) < 4.78 is 15.5. The average Bonchev–Trinajstić information content (AvgIpc) is 3.63. The zero-order valence-electron chi connectivity index (χ0n) is 34.0. The molecule has 0 unspecified atom stereocenters. The summed E-state index contributed by atoms with van der Waals surface area (Å²) >= 11 is 0. The van der Waals surface area contributed by atoms with E-state index < -0.39 is 0 Å². The quantitative estimate of drug-likeness (QED) is 0.162. The smallest absolute Gasteiger partial charge is 0.518 e. The molecule has 4 aromatic carbocycles. The summed E-state index contributed by atoms with van der Waals surface area (Å²) in [6.07, 6.45) is 1.97. The second kappa shape index (κ2) is 12.9. The molecule has 0 N–H and O–H groups in total. The molecular formula is C48H51N3O2Pt. The van der Waals surface area contributed by atoms with Gasteiger partial charge in [0.25, 0.3) is 0 Å². The molecule has 2 aliphatic heterocycles. The van der Waals surface area contributed by atoms with E-state index in [4.69, 9.17) is 19.5 Å². The minimum Gasteiger partial charge on any atom is -0.518 e. The van der Waals surface area contributed by atoms with Crippen LogP contribution in [0.4, 0.5) is 0 Å². The topological polar surface area (TPSA) is 48.6 Å². The van der Waals surface area contributed by atoms with Gasteiger partial charge in [-0.15, -0.1) is 23.3 Å². The number of ether oxygens (including phenoxy) is 2. The Hall–Kier alpha value is -4.21. The van der Waals surface area contributed by atoms with E-state index in [1.807, 2.05) is 6.20 Å². The molecule has 0 radical (unpaired) electrons. The Kier molecular flexibility index (Phi) is 9.13. The molecule has 4 heterocycles. The first-order valence-electron chi connectivity index (χ1n) is 19.0. The number of hydrogen-bond donors (Lipinski definition) is 0. The molecule has 8 rings (SSSR count). The molecule has 5 nitrogen and oxygen atoms in total. The monoisotopic (exact) mass is 896 g/mol. The van der Waals surface area contributed by atoms with Crippen molar-refractivity contribution in [3.8, 4) is 28.3 Å². The van der Waals surface area contributed by atoms with Crippen molar-refractivity contribution in [1.29, 1.82) is 0 Å². The second-order valence-corrected chi connectivity index (χ2v) is 17.8. The fourth-order valence-corrected chi connectivity index (χ4v) is 8.33. The van der Waals surface area contributed by atoms with Gasteiger partial charge < -0.3 is 14.0 Å². The van der Waals surface area contributed by atoms with E-state index in [1.165, 1.54) is 49.8 Å². The molecule has 2 aliphatic rings. The van der Waals surface area contributed by atoms with E-state index >= 15 is 0 Å². The number of rotatable bonds is 5. The van der Waals surface area contributed by atoms with Crippen molar-refractivity contribution < 1.29 is 30.5 Å². The summed E-state index contributed by atoms with van der Waals surface area (Å²) in [4.78, 5) is 10.2. The molecule has 0 fully saturated rings. The van der Waals surface area contributed by atoms with Gasteiger partial charge in [0, 0.05) is 28.5 Å². The van der Waals surface area contributed by atoms with Crippen LogP contribution in [0.3, 0.4) is 0 Å². The number of hydrogen-bond acceptors (Lipinski definition) is 4. The van der Waals surface area contributed by atoms with Crippen LogP contribution in [0.2, 0.25) is 0 Å². The third-order valence-electron chi connectivity index (χ3n) is 11.8. The predicted octanol–water partition coefficient (Wildman–Crippen LogP) is 11.9. The van der Waals surface area contributed by atoms with Crippen molar-refractivity contribution in [2.24, 2.45) is 10.9 Å². The molecule has 2 aromatic heterocycles. The molecule has 0 spiro atoms. The van der Waals surface area contributed by atoms with Crippen molar-refractivity contribution in [3.05, 3.63) is 117 Å². The molecular weight excluding hydrogens is 846 g/mol. The number of nitrogens with zero attached hydrogens (tertiary/aromatic N) is 3. The minimum absolute atomic E-state index is 0. The first-order valence-corrected chi connectivity index (χ1v) is 19.0. The average molecular weight is 897 g/mol. The molecule has 280 valence electrons. The first-order chi connectivity index (χ1) is 24.9. The van der Waals surface area contributed by atoms with E-state index in [2.05, 4.69) is 155 Å². The summed E-state index contributed by atoms with van der Waals surface area (Å²) in [5.74, 6) is 2.20. The van der Waals surface area contributed by atoms with Crippen LogP contribution in [-0.4, -0.2) is 27.6 Å². The van der Waals surface area contributed by atoms with Crippen LogP contribution in [-0.2, 0) is 36.6 Å². The Bertz CT molecular complexity index is 2530. The number of aromatic nitrogens is 2. The molecule has 1 atom stereocenters. The first kappa shape index (κ1) is 38.1. The van der Waals surface area contributed by atoms with E-state index in [-0.39, 0.29) is 37.4 Å². The van der Waals surface area contributed by atoms with Crippen molar-refractivity contribution in [3.63, 3.8) is 0 Å². The van der Waals surface area contributed by atoms with Crippen LogP contribution in [0.1, 0.15) is 105 Å². The number of fused-ring (bicyclic) bond motifs is 5. The normalized spacial score (nSPS) is 17.4. The Morgan fingerprint density at radius 1 is 0.815 bits per heavy atom. The Balaban J connectivity index is 0.00000450. The molecule has 0 saturated carbocycles. The van der Waals surface area contributed by atoms with E-state index in [9.17, 15) is 0 Å². The summed E-state index contributed by atoms with van der Waals surface area (Å²) in [5.41, 5.74) is 15.2. The number of pyridine rings is 1. The van der Waals surface area contributed by atoms with Gasteiger partial charge >= 0.3 is 21.1 Å². The Morgan fingerprint density at radius 2 is 1.52 bits per heavy atom. The summed E-state index contributed by atoms with van der Waals surface area (Å²) in [5, 5.41) is 2.39. The number of aliphatic imine (C=N–C) groups is 1. The van der Waals surface area contributed by atoms with Gasteiger partial charge in [0.05, 0.1) is 11.1 Å². The third kappa shape index (κ3) is 6.02. The SMILES string of the molecule is Cc1cc(C)c(-c2cc(Oc3[c-]c4c(cc3C)C(C)(C)c3cc(C(C)(C)C)cc5c6cc(C)cnc6n-4c35)[c-]c(C3=N[C@](C)(C(C)C)CO3)c2)c(C)c1.[Pt+2]. The molecule has 6 aromatic rings. The van der Waals surface area contributed by atoms with E-state index in [1.54, 1.807) is 0 Å². The van der Waals surface area contributed by atoms with Gasteiger partial charge in [-0.1, -0.05) is 108 Å². The van der Waals surface area contributed by atoms with Crippen molar-refractivity contribution in [2.45, 2.75) is 106 Å². The second-order valence-electron chi connectivity index (χ2n) is 17.8. The van der Waals surface area contributed by atoms with Crippen LogP contribution < -0.4 is 4.74 Å². The standard InChI is InChI=1S/C48H51N3O2.Pt/c1-26(2)48(13)25-52-45(50-48)33-18-32(42-30(6)14-27(3)15-31(42)7)19-35(20-33)53-41-23-40-38(17-29(41)5)47(11,12)39-22-34(46(8,9)10)21-36-37-16-28(4)24-49-44(37)51(40)43(36)39;/h14-19,21-22,24,26H,25H2,1-13H3;/q-2;+2/t48-;/m0./s1. The molecule has 54 heavy (non-hydrogen) atoms. The van der Waals surface area contributed by atoms with Gasteiger partial charge in [0.2, 0.25) is 0 Å². The Morgan fingerprint density at radius 3 is 2.17 bits per heavy atom. The van der Waals surface area contributed by atoms with Crippen LogP contribution in [0, 0.1) is 52.7 Å². The van der Waals surface area contributed by atoms with E-state index in [0.717, 1.165) is 39.0 Å². The summed E-state index contributed by atoms with van der Waals surface area (Å²) in [7, 11) is 0. The van der Waals surface area contributed by atoms with E-state index in [0.29, 0.717) is 29.9 Å². The van der Waals surface area contributed by atoms with Crippen LogP contribution in [0.5, 0.6) is 11.5 Å². The number of aryl methyl sites for hydroxylation is 5. The van der Waals surface area contributed by atoms with Crippen LogP contribution in [0.15, 0.2) is 59.7 Å². The molecule has 6 heteroatoms. The van der Waals surface area contributed by atoms with Gasteiger partial charge in [-0.05, 0) is 96.9 Å². The van der Waals surface area contributed by atoms with Gasteiger partial charge in [-0.3, -0.25) is 4.99 Å². The number of benzene rings is 4. The van der Waals surface area contributed by atoms with Gasteiger partial charge in [0.1, 0.15) is 18.2 Å². The van der Waals surface area contributed by atoms with Crippen molar-refractivity contribution in [1.82, 2.24) is 9.55 Å². The molecule has 0 bridgehead atoms. The van der Waals surface area contributed by atoms with Gasteiger partial charge in [0.15, 0.2) is 0 Å². The van der Waals surface area contributed by atoms with Crippen molar-refractivity contribution >= 4 is 27.8 Å². The molecule has 0 aliphatic carbocycles. The fourth-order valence-electron chi connectivity index (χ4n) is 8.33.